The number of nitrogens with zero attached hydrogens (tertiary/aromatic N) is 3. The first kappa shape index (κ1) is 29.4. The monoisotopic (exact) mass is 580 g/mol. The number of aromatic hydroxyl groups is 1. The third kappa shape index (κ3) is 6.60. The van der Waals surface area contributed by atoms with Crippen molar-refractivity contribution in [3.8, 4) is 17.4 Å². The van der Waals surface area contributed by atoms with Gasteiger partial charge in [0, 0.05) is 28.5 Å². The first-order chi connectivity index (χ1) is 19.6. The summed E-state index contributed by atoms with van der Waals surface area (Å²) in [5, 5.41) is 14.9. The van der Waals surface area contributed by atoms with Gasteiger partial charge in [0.25, 0.3) is 0 Å². The van der Waals surface area contributed by atoms with Crippen LogP contribution in [0.3, 0.4) is 0 Å². The number of aromatic nitrogens is 3. The minimum Gasteiger partial charge on any atom is -0.497 e. The second-order valence-electron chi connectivity index (χ2n) is 9.03. The number of nitrogens with one attached hydrogen (secondary N) is 1. The van der Waals surface area contributed by atoms with E-state index in [1.165, 1.54) is 6.92 Å². The molecule has 0 radical (unpaired) electrons. The molecule has 4 aromatic rings. The number of halogens is 2. The molecule has 0 spiro atoms. The molecule has 0 atom stereocenters. The smallest absolute Gasteiger partial charge is 0.310 e. The molecule has 2 aromatic heterocycles. The molecule has 2 heterocycles. The van der Waals surface area contributed by atoms with E-state index in [-0.39, 0.29) is 47.1 Å². The van der Waals surface area contributed by atoms with Crippen LogP contribution >= 0.6 is 11.6 Å². The summed E-state index contributed by atoms with van der Waals surface area (Å²) in [5.74, 6) is 0.195. The van der Waals surface area contributed by atoms with Crippen LogP contribution < -0.4 is 14.8 Å². The second-order valence-corrected chi connectivity index (χ2v) is 9.60. The van der Waals surface area contributed by atoms with Crippen molar-refractivity contribution >= 4 is 45.6 Å². The van der Waals surface area contributed by atoms with Gasteiger partial charge in [0.05, 0.1) is 44.9 Å². The van der Waals surface area contributed by atoms with Crippen molar-refractivity contribution in [2.75, 3.05) is 26.1 Å². The predicted molar refractivity (Wildman–Crippen MR) is 157 cm³/mol. The molecule has 41 heavy (non-hydrogen) atoms. The van der Waals surface area contributed by atoms with E-state index in [0.29, 0.717) is 34.7 Å². The van der Waals surface area contributed by atoms with E-state index in [1.807, 2.05) is 6.07 Å². The number of esters is 1. The number of ether oxygens (including phenoxy) is 3. The predicted octanol–water partition coefficient (Wildman–Crippen LogP) is 6.50. The molecule has 0 fully saturated rings. The third-order valence-electron chi connectivity index (χ3n) is 6.26. The average molecular weight is 581 g/mol. The van der Waals surface area contributed by atoms with E-state index in [4.69, 9.17) is 25.8 Å². The number of benzene rings is 2. The van der Waals surface area contributed by atoms with Gasteiger partial charge in [-0.1, -0.05) is 30.3 Å². The molecule has 9 nitrogen and oxygen atoms in total. The van der Waals surface area contributed by atoms with Crippen LogP contribution in [0, 0.1) is 0 Å². The molecule has 4 rings (SSSR count). The lowest BCUT2D eigenvalue weighted by molar-refractivity contribution is -0.142. The maximum absolute atomic E-state index is 14.4. The molecule has 0 aliphatic carbocycles. The Kier molecular flexibility index (Phi) is 9.14. The number of allylic oxidation sites excluding steroid dienone is 3. The van der Waals surface area contributed by atoms with Gasteiger partial charge in [-0.3, -0.25) is 4.79 Å². The van der Waals surface area contributed by atoms with Crippen LogP contribution in [0.2, 0.25) is 0 Å². The highest BCUT2D eigenvalue weighted by molar-refractivity contribution is 6.32. The zero-order chi connectivity index (χ0) is 29.7. The molecule has 0 saturated carbocycles. The van der Waals surface area contributed by atoms with E-state index in [2.05, 4.69) is 21.9 Å². The van der Waals surface area contributed by atoms with Gasteiger partial charge in [-0.25, -0.2) is 14.4 Å². The topological polar surface area (TPSA) is 108 Å². The number of rotatable bonds is 11. The minimum absolute atomic E-state index is 0.00175. The van der Waals surface area contributed by atoms with Crippen LogP contribution in [0.1, 0.15) is 30.8 Å². The molecule has 0 saturated heterocycles. The van der Waals surface area contributed by atoms with Gasteiger partial charge in [0.2, 0.25) is 5.88 Å². The van der Waals surface area contributed by atoms with E-state index in [0.717, 1.165) is 11.1 Å². The normalized spacial score (nSPS) is 11.7. The van der Waals surface area contributed by atoms with Crippen molar-refractivity contribution in [3.05, 3.63) is 83.1 Å². The fourth-order valence-electron chi connectivity index (χ4n) is 4.32. The molecule has 214 valence electrons. The summed E-state index contributed by atoms with van der Waals surface area (Å²) in [5.41, 5.74) is 2.45. The van der Waals surface area contributed by atoms with Gasteiger partial charge in [0.1, 0.15) is 28.5 Å². The van der Waals surface area contributed by atoms with Crippen molar-refractivity contribution in [3.63, 3.8) is 0 Å². The lowest BCUT2D eigenvalue weighted by Crippen LogP contribution is -2.07. The Bertz CT molecular complexity index is 1630. The molecule has 0 amide bonds. The maximum atomic E-state index is 14.4. The molecule has 0 bridgehead atoms. The largest absolute Gasteiger partial charge is 0.497 e. The Labute approximate surface area is 241 Å². The molecular formula is C30H30ClFN4O5. The number of methoxy groups -OCH3 is 2. The Balaban J connectivity index is 1.79. The van der Waals surface area contributed by atoms with Crippen molar-refractivity contribution in [1.82, 2.24) is 14.5 Å². The molecule has 0 aliphatic heterocycles. The fourth-order valence-corrected chi connectivity index (χ4v) is 4.50. The number of hydrogen-bond acceptors (Lipinski definition) is 8. The number of carbonyl (C=O) groups excluding carboxylic acids is 1. The maximum Gasteiger partial charge on any atom is 0.310 e. The summed E-state index contributed by atoms with van der Waals surface area (Å²) in [6.45, 7) is 7.19. The second kappa shape index (κ2) is 12.7. The standard InChI is InChI=1S/C30H30ClFN4O5/c1-6-41-25(37)13-19-7-10-21(11-8-19)33-29-27-23(34-28(35-29)26(17(2)31)18(3)32)16-36(30(27)38)15-20-9-12-22(39-4)14-24(20)40-5/h7-12,14,16,38H,3,6,13,15H2,1-2,4-5H3,(H,33,34,35). The summed E-state index contributed by atoms with van der Waals surface area (Å²) in [6, 6.07) is 12.4. The van der Waals surface area contributed by atoms with Gasteiger partial charge >= 0.3 is 5.97 Å². The van der Waals surface area contributed by atoms with Crippen LogP contribution in [0.15, 0.2) is 66.1 Å². The van der Waals surface area contributed by atoms with Gasteiger partial charge < -0.3 is 29.2 Å². The van der Waals surface area contributed by atoms with E-state index in [1.54, 1.807) is 68.3 Å². The van der Waals surface area contributed by atoms with Crippen LogP contribution in [0.25, 0.3) is 16.5 Å². The molecule has 2 N–H and O–H groups in total. The number of fused-ring (bicyclic) bond motifs is 1. The van der Waals surface area contributed by atoms with Crippen molar-refractivity contribution in [2.24, 2.45) is 0 Å². The van der Waals surface area contributed by atoms with E-state index in [9.17, 15) is 14.3 Å². The number of hydrogen-bond donors (Lipinski definition) is 2. The summed E-state index contributed by atoms with van der Waals surface area (Å²) >= 11 is 6.18. The van der Waals surface area contributed by atoms with Crippen LogP contribution in [-0.2, 0) is 22.5 Å². The van der Waals surface area contributed by atoms with Crippen LogP contribution in [0.5, 0.6) is 17.4 Å². The molecule has 0 unspecified atom stereocenters. The average Bonchev–Trinajstić information content (AvgIpc) is 3.24. The molecular weight excluding hydrogens is 551 g/mol. The lowest BCUT2D eigenvalue weighted by Gasteiger charge is -2.12. The van der Waals surface area contributed by atoms with Crippen molar-refractivity contribution in [1.29, 1.82) is 0 Å². The highest BCUT2D eigenvalue weighted by Gasteiger charge is 2.22. The fraction of sp³-hybridized carbons (Fsp3) is 0.233. The van der Waals surface area contributed by atoms with Crippen molar-refractivity contribution in [2.45, 2.75) is 26.8 Å². The van der Waals surface area contributed by atoms with Gasteiger partial charge in [0.15, 0.2) is 5.82 Å². The summed E-state index contributed by atoms with van der Waals surface area (Å²) < 4.78 is 31.8. The SMILES string of the molecule is C=C(F)C(=C(C)Cl)c1nc(Nc2ccc(CC(=O)OCC)cc2)c2c(O)n(Cc3ccc(OC)cc3OC)cc2n1. The quantitative estimate of drug-likeness (QED) is 0.153. The first-order valence-electron chi connectivity index (χ1n) is 12.7. The Morgan fingerprint density at radius 1 is 1.15 bits per heavy atom. The van der Waals surface area contributed by atoms with E-state index < -0.39 is 5.83 Å². The van der Waals surface area contributed by atoms with Crippen molar-refractivity contribution < 1.29 is 28.5 Å². The highest BCUT2D eigenvalue weighted by Crippen LogP contribution is 2.37. The summed E-state index contributed by atoms with van der Waals surface area (Å²) in [7, 11) is 3.11. The minimum atomic E-state index is -0.794. The van der Waals surface area contributed by atoms with Gasteiger partial charge in [-0.2, -0.15) is 0 Å². The Morgan fingerprint density at radius 2 is 1.88 bits per heavy atom. The number of carbonyl (C=O) groups is 1. The zero-order valence-corrected chi connectivity index (χ0v) is 23.9. The summed E-state index contributed by atoms with van der Waals surface area (Å²) in [6.07, 6.45) is 1.77. The Hall–Kier alpha value is -4.57. The third-order valence-corrected chi connectivity index (χ3v) is 6.44. The van der Waals surface area contributed by atoms with Crippen LogP contribution in [0.4, 0.5) is 15.9 Å². The number of anilines is 2. The lowest BCUT2D eigenvalue weighted by atomic mass is 10.1. The van der Waals surface area contributed by atoms with Crippen LogP contribution in [-0.4, -0.2) is 46.4 Å². The van der Waals surface area contributed by atoms with Gasteiger partial charge in [-0.15, -0.1) is 0 Å². The molecule has 0 aliphatic rings. The Morgan fingerprint density at radius 3 is 2.49 bits per heavy atom. The molecule has 2 aromatic carbocycles. The highest BCUT2D eigenvalue weighted by atomic mass is 35.5. The molecule has 11 heteroatoms. The van der Waals surface area contributed by atoms with Gasteiger partial charge in [-0.05, 0) is 43.7 Å². The van der Waals surface area contributed by atoms with E-state index >= 15 is 0 Å². The zero-order valence-electron chi connectivity index (χ0n) is 23.1. The summed E-state index contributed by atoms with van der Waals surface area (Å²) in [4.78, 5) is 20.9. The first-order valence-corrected chi connectivity index (χ1v) is 13.1.